The maximum atomic E-state index is 13.0. The van der Waals surface area contributed by atoms with Gasteiger partial charge in [-0.05, 0) is 43.1 Å². The Labute approximate surface area is 167 Å². The minimum Gasteiger partial charge on any atom is -0.292 e. The first-order valence-electron chi connectivity index (χ1n) is 10.0. The lowest BCUT2D eigenvalue weighted by atomic mass is 9.69. The monoisotopic (exact) mass is 387 g/mol. The zero-order valence-corrected chi connectivity index (χ0v) is 15.9. The van der Waals surface area contributed by atoms with Gasteiger partial charge in [0.05, 0.1) is 16.1 Å². The summed E-state index contributed by atoms with van der Waals surface area (Å²) in [6, 6.07) is 14.1. The summed E-state index contributed by atoms with van der Waals surface area (Å²) < 4.78 is 1.71. The Hall–Kier alpha value is -3.28. The lowest BCUT2D eigenvalue weighted by molar-refractivity contribution is -0.384. The van der Waals surface area contributed by atoms with Crippen molar-refractivity contribution in [3.8, 4) is 11.3 Å². The van der Waals surface area contributed by atoms with Crippen molar-refractivity contribution in [3.63, 3.8) is 0 Å². The molecule has 3 unspecified atom stereocenters. The van der Waals surface area contributed by atoms with E-state index in [-0.39, 0.29) is 11.4 Å². The first-order chi connectivity index (χ1) is 14.1. The number of aromatic nitrogens is 2. The summed E-state index contributed by atoms with van der Waals surface area (Å²) in [6.07, 6.45) is 8.09. The molecule has 0 aliphatic heterocycles. The zero-order valence-electron chi connectivity index (χ0n) is 15.9. The Balaban J connectivity index is 1.67. The number of allylic oxidation sites excluding steroid dienone is 2. The molecule has 3 aliphatic rings. The van der Waals surface area contributed by atoms with Crippen LogP contribution >= 0.6 is 0 Å². The average molecular weight is 387 g/mol. The van der Waals surface area contributed by atoms with Crippen LogP contribution in [0.3, 0.4) is 0 Å². The molecule has 6 rings (SSSR count). The van der Waals surface area contributed by atoms with Crippen molar-refractivity contribution < 1.29 is 4.92 Å². The van der Waals surface area contributed by atoms with E-state index in [1.807, 2.05) is 30.3 Å². The third kappa shape index (κ3) is 3.14. The van der Waals surface area contributed by atoms with Crippen LogP contribution in [0.2, 0.25) is 0 Å². The minimum absolute atomic E-state index is 0.00124. The van der Waals surface area contributed by atoms with Gasteiger partial charge in [0.15, 0.2) is 0 Å². The van der Waals surface area contributed by atoms with Gasteiger partial charge in [0, 0.05) is 29.6 Å². The topological polar surface area (TPSA) is 78.0 Å². The van der Waals surface area contributed by atoms with Crippen LogP contribution < -0.4 is 5.69 Å². The number of hydrogen-bond donors (Lipinski definition) is 0. The van der Waals surface area contributed by atoms with Gasteiger partial charge in [-0.3, -0.25) is 14.7 Å². The number of non-ortho nitro benzene ring substituents is 1. The van der Waals surface area contributed by atoms with E-state index in [2.05, 4.69) is 17.1 Å². The van der Waals surface area contributed by atoms with Gasteiger partial charge >= 0.3 is 5.69 Å². The van der Waals surface area contributed by atoms with E-state index in [1.165, 1.54) is 25.0 Å². The molecule has 2 bridgehead atoms. The third-order valence-corrected chi connectivity index (χ3v) is 6.35. The summed E-state index contributed by atoms with van der Waals surface area (Å²) in [6.45, 7) is 0.598. The molecule has 3 atom stereocenters. The van der Waals surface area contributed by atoms with Crippen molar-refractivity contribution in [1.29, 1.82) is 0 Å². The molecule has 0 N–H and O–H groups in total. The molecule has 0 spiro atoms. The molecule has 6 nitrogen and oxygen atoms in total. The quantitative estimate of drug-likeness (QED) is 0.373. The van der Waals surface area contributed by atoms with E-state index in [0.29, 0.717) is 40.9 Å². The molecule has 29 heavy (non-hydrogen) atoms. The molecule has 146 valence electrons. The highest BCUT2D eigenvalue weighted by Gasteiger charge is 2.32. The standard InChI is InChI=1S/C23H21N3O3/c27-23-24-22(17-4-2-1-3-5-17)20-13-19(26(28)29)10-11-21(20)25(23)14-18-12-15-6-8-16(18)9-7-15/h1-6,8,10-11,13,15-16,18H,7,9,12,14H2. The molecular weight excluding hydrogens is 366 g/mol. The van der Waals surface area contributed by atoms with Crippen molar-refractivity contribution in [2.24, 2.45) is 17.8 Å². The van der Waals surface area contributed by atoms with Crippen molar-refractivity contribution in [2.45, 2.75) is 25.8 Å². The summed E-state index contributed by atoms with van der Waals surface area (Å²) in [5.41, 5.74) is 1.69. The number of nitro groups is 1. The number of nitro benzene ring substituents is 1. The number of hydrogen-bond acceptors (Lipinski definition) is 4. The fraction of sp³-hybridized carbons (Fsp3) is 0.304. The lowest BCUT2D eigenvalue weighted by Gasteiger charge is -2.38. The van der Waals surface area contributed by atoms with Crippen LogP contribution in [-0.2, 0) is 6.54 Å². The van der Waals surface area contributed by atoms with E-state index in [4.69, 9.17) is 0 Å². The van der Waals surface area contributed by atoms with Crippen LogP contribution in [0.15, 0.2) is 65.5 Å². The second kappa shape index (κ2) is 6.95. The van der Waals surface area contributed by atoms with Crippen LogP contribution in [-0.4, -0.2) is 14.5 Å². The van der Waals surface area contributed by atoms with Crippen molar-refractivity contribution in [1.82, 2.24) is 9.55 Å². The second-order valence-corrected chi connectivity index (χ2v) is 8.06. The predicted molar refractivity (Wildman–Crippen MR) is 112 cm³/mol. The SMILES string of the molecule is O=c1nc(-c2ccccc2)c2cc([N+](=O)[O-])ccc2n1CC1CC2C=CC1CC2. The Morgan fingerprint density at radius 3 is 2.59 bits per heavy atom. The summed E-state index contributed by atoms with van der Waals surface area (Å²) in [4.78, 5) is 28.3. The van der Waals surface area contributed by atoms with E-state index in [1.54, 1.807) is 10.6 Å². The first-order valence-corrected chi connectivity index (χ1v) is 10.0. The van der Waals surface area contributed by atoms with Crippen LogP contribution in [0.4, 0.5) is 5.69 Å². The van der Waals surface area contributed by atoms with Crippen LogP contribution in [0.5, 0.6) is 0 Å². The van der Waals surface area contributed by atoms with Crippen LogP contribution in [0.25, 0.3) is 22.2 Å². The largest absolute Gasteiger partial charge is 0.348 e. The number of fused-ring (bicyclic) bond motifs is 3. The predicted octanol–water partition coefficient (Wildman–Crippen LogP) is 4.57. The van der Waals surface area contributed by atoms with Gasteiger partial charge in [0.1, 0.15) is 0 Å². The number of benzene rings is 2. The maximum absolute atomic E-state index is 13.0. The highest BCUT2D eigenvalue weighted by molar-refractivity contribution is 5.93. The fourth-order valence-corrected chi connectivity index (χ4v) is 4.87. The van der Waals surface area contributed by atoms with E-state index < -0.39 is 4.92 Å². The molecule has 1 fully saturated rings. The summed E-state index contributed by atoms with van der Waals surface area (Å²) in [5, 5.41) is 12.0. The molecule has 1 heterocycles. The van der Waals surface area contributed by atoms with E-state index >= 15 is 0 Å². The van der Waals surface area contributed by atoms with E-state index in [9.17, 15) is 14.9 Å². The van der Waals surface area contributed by atoms with Crippen molar-refractivity contribution in [2.75, 3.05) is 0 Å². The van der Waals surface area contributed by atoms with Crippen molar-refractivity contribution >= 4 is 16.6 Å². The Kier molecular flexibility index (Phi) is 4.27. The van der Waals surface area contributed by atoms with Gasteiger partial charge in [-0.25, -0.2) is 4.79 Å². The molecule has 0 radical (unpaired) electrons. The summed E-state index contributed by atoms with van der Waals surface area (Å²) in [5.74, 6) is 1.50. The molecule has 1 aromatic heterocycles. The first kappa shape index (κ1) is 17.8. The smallest absolute Gasteiger partial charge is 0.292 e. The van der Waals surface area contributed by atoms with Gasteiger partial charge in [-0.1, -0.05) is 42.5 Å². The average Bonchev–Trinajstić information content (AvgIpc) is 2.76. The van der Waals surface area contributed by atoms with E-state index in [0.717, 1.165) is 12.0 Å². The minimum atomic E-state index is -0.408. The highest BCUT2D eigenvalue weighted by atomic mass is 16.6. The number of nitrogens with zero attached hydrogens (tertiary/aromatic N) is 3. The van der Waals surface area contributed by atoms with Gasteiger partial charge < -0.3 is 0 Å². The molecule has 0 amide bonds. The zero-order chi connectivity index (χ0) is 20.0. The summed E-state index contributed by atoms with van der Waals surface area (Å²) in [7, 11) is 0. The van der Waals surface area contributed by atoms with Gasteiger partial charge in [0.25, 0.3) is 5.69 Å². The molecule has 1 saturated carbocycles. The van der Waals surface area contributed by atoms with Gasteiger partial charge in [-0.15, -0.1) is 0 Å². The molecule has 3 aromatic rings. The van der Waals surface area contributed by atoms with Crippen LogP contribution in [0, 0.1) is 27.9 Å². The number of rotatable bonds is 4. The Morgan fingerprint density at radius 1 is 1.10 bits per heavy atom. The Morgan fingerprint density at radius 2 is 1.93 bits per heavy atom. The maximum Gasteiger partial charge on any atom is 0.348 e. The second-order valence-electron chi connectivity index (χ2n) is 8.06. The highest BCUT2D eigenvalue weighted by Crippen LogP contribution is 2.41. The Bertz CT molecular complexity index is 1180. The van der Waals surface area contributed by atoms with Crippen molar-refractivity contribution in [3.05, 3.63) is 81.3 Å². The van der Waals surface area contributed by atoms with Crippen LogP contribution in [0.1, 0.15) is 19.3 Å². The third-order valence-electron chi connectivity index (χ3n) is 6.35. The molecule has 6 heteroatoms. The normalized spacial score (nSPS) is 22.8. The lowest BCUT2D eigenvalue weighted by Crippen LogP contribution is -2.34. The van der Waals surface area contributed by atoms with Gasteiger partial charge in [-0.2, -0.15) is 4.98 Å². The summed E-state index contributed by atoms with van der Waals surface area (Å²) >= 11 is 0. The molecule has 0 saturated heterocycles. The molecule has 3 aliphatic carbocycles. The van der Waals surface area contributed by atoms with Gasteiger partial charge in [0.2, 0.25) is 0 Å². The molecular formula is C23H21N3O3. The fourth-order valence-electron chi connectivity index (χ4n) is 4.87. The molecule has 2 aromatic carbocycles.